The largest absolute Gasteiger partial charge is 0.506 e. The number of aromatic hydroxyl groups is 1. The van der Waals surface area contributed by atoms with E-state index in [1.54, 1.807) is 12.3 Å². The van der Waals surface area contributed by atoms with Crippen LogP contribution < -0.4 is 0 Å². The van der Waals surface area contributed by atoms with Gasteiger partial charge in [0.1, 0.15) is 11.3 Å². The fourth-order valence-corrected chi connectivity index (χ4v) is 1.57. The van der Waals surface area contributed by atoms with E-state index < -0.39 is 0 Å². The Morgan fingerprint density at radius 3 is 2.79 bits per heavy atom. The highest BCUT2D eigenvalue weighted by Gasteiger charge is 2.03. The van der Waals surface area contributed by atoms with Crippen molar-refractivity contribution in [3.63, 3.8) is 0 Å². The Labute approximate surface area is 92.9 Å². The van der Waals surface area contributed by atoms with Crippen molar-refractivity contribution in [1.82, 2.24) is 4.98 Å². The number of nitrogens with zero attached hydrogens (tertiary/aromatic N) is 1. The maximum absolute atomic E-state index is 9.49. The van der Waals surface area contributed by atoms with Gasteiger partial charge in [-0.15, -0.1) is 24.0 Å². The molecule has 0 fully saturated rings. The summed E-state index contributed by atoms with van der Waals surface area (Å²) in [5, 5.41) is 10.4. The van der Waals surface area contributed by atoms with Crippen molar-refractivity contribution in [1.29, 1.82) is 0 Å². The van der Waals surface area contributed by atoms with E-state index in [0.29, 0.717) is 11.4 Å². The molecular weight excluding hydrogens is 221 g/mol. The van der Waals surface area contributed by atoms with Crippen molar-refractivity contribution in [3.8, 4) is 5.75 Å². The number of fused-ring (bicyclic) bond motifs is 1. The van der Waals surface area contributed by atoms with Gasteiger partial charge in [-0.05, 0) is 17.7 Å². The zero-order valence-electron chi connectivity index (χ0n) is 7.27. The van der Waals surface area contributed by atoms with Crippen LogP contribution in [0, 0.1) is 0 Å². The number of rotatable bonds is 1. The van der Waals surface area contributed by atoms with E-state index in [1.807, 2.05) is 18.2 Å². The lowest BCUT2D eigenvalue weighted by Gasteiger charge is -2.03. The Balaban J connectivity index is 0.000000980. The third-order valence-electron chi connectivity index (χ3n) is 1.98. The van der Waals surface area contributed by atoms with Gasteiger partial charge >= 0.3 is 0 Å². The summed E-state index contributed by atoms with van der Waals surface area (Å²) in [6.07, 6.45) is 1.65. The zero-order chi connectivity index (χ0) is 9.26. The second-order valence-corrected chi connectivity index (χ2v) is 3.04. The van der Waals surface area contributed by atoms with Crippen LogP contribution in [0.5, 0.6) is 5.75 Å². The van der Waals surface area contributed by atoms with Crippen LogP contribution in [0.2, 0.25) is 0 Å². The Kier molecular flexibility index (Phi) is 3.55. The molecule has 14 heavy (non-hydrogen) atoms. The Hall–Kier alpha value is -0.990. The first-order valence-corrected chi connectivity index (χ1v) is 4.48. The molecule has 0 aliphatic carbocycles. The molecule has 0 atom stereocenters. The average Bonchev–Trinajstić information content (AvgIpc) is 2.19. The first kappa shape index (κ1) is 11.1. The van der Waals surface area contributed by atoms with Gasteiger partial charge in [0.05, 0.1) is 0 Å². The lowest BCUT2D eigenvalue weighted by molar-refractivity contribution is 0.480. The first-order valence-electron chi connectivity index (χ1n) is 3.94. The minimum Gasteiger partial charge on any atom is -0.506 e. The standard InChI is InChI=1S/C10H8ClNO.ClH/c11-6-7-3-4-9(13)10-8(7)2-1-5-12-10;/h1-5,13H,6H2;1H. The number of aromatic nitrogens is 1. The van der Waals surface area contributed by atoms with Crippen molar-refractivity contribution in [2.45, 2.75) is 5.88 Å². The van der Waals surface area contributed by atoms with Gasteiger partial charge in [0.15, 0.2) is 0 Å². The summed E-state index contributed by atoms with van der Waals surface area (Å²) in [4.78, 5) is 4.08. The van der Waals surface area contributed by atoms with Gasteiger partial charge in [-0.3, -0.25) is 4.98 Å². The van der Waals surface area contributed by atoms with Gasteiger partial charge in [0.25, 0.3) is 0 Å². The third kappa shape index (κ3) is 1.76. The third-order valence-corrected chi connectivity index (χ3v) is 2.27. The van der Waals surface area contributed by atoms with Gasteiger partial charge in [0.2, 0.25) is 0 Å². The molecule has 0 spiro atoms. The van der Waals surface area contributed by atoms with E-state index in [1.165, 1.54) is 0 Å². The molecule has 1 heterocycles. The molecule has 0 aliphatic heterocycles. The molecule has 0 radical (unpaired) electrons. The van der Waals surface area contributed by atoms with Gasteiger partial charge < -0.3 is 5.11 Å². The predicted octanol–water partition coefficient (Wildman–Crippen LogP) is 3.10. The number of halogens is 2. The number of alkyl halides is 1. The molecule has 1 aromatic carbocycles. The van der Waals surface area contributed by atoms with Gasteiger partial charge in [0, 0.05) is 17.5 Å². The molecule has 0 saturated carbocycles. The number of pyridine rings is 1. The molecule has 2 rings (SSSR count). The monoisotopic (exact) mass is 229 g/mol. The van der Waals surface area contributed by atoms with E-state index >= 15 is 0 Å². The van der Waals surface area contributed by atoms with Crippen LogP contribution in [-0.2, 0) is 5.88 Å². The molecular formula is C10H9Cl2NO. The number of benzene rings is 1. The average molecular weight is 230 g/mol. The first-order chi connectivity index (χ1) is 6.33. The molecule has 2 nitrogen and oxygen atoms in total. The van der Waals surface area contributed by atoms with Crippen LogP contribution in [0.25, 0.3) is 10.9 Å². The summed E-state index contributed by atoms with van der Waals surface area (Å²) in [5.74, 6) is 0.632. The molecule has 0 saturated heterocycles. The summed E-state index contributed by atoms with van der Waals surface area (Å²) in [7, 11) is 0. The Morgan fingerprint density at radius 2 is 2.07 bits per heavy atom. The second kappa shape index (κ2) is 4.49. The van der Waals surface area contributed by atoms with Gasteiger partial charge in [-0.1, -0.05) is 12.1 Å². The summed E-state index contributed by atoms with van der Waals surface area (Å²) in [6.45, 7) is 0. The number of hydrogen-bond donors (Lipinski definition) is 1. The normalized spacial score (nSPS) is 9.79. The lowest BCUT2D eigenvalue weighted by atomic mass is 10.1. The fourth-order valence-electron chi connectivity index (χ4n) is 1.33. The minimum atomic E-state index is 0. The molecule has 0 amide bonds. The van der Waals surface area contributed by atoms with Crippen LogP contribution in [0.4, 0.5) is 0 Å². The lowest BCUT2D eigenvalue weighted by Crippen LogP contribution is -1.84. The van der Waals surface area contributed by atoms with E-state index in [0.717, 1.165) is 10.9 Å². The molecule has 4 heteroatoms. The highest BCUT2D eigenvalue weighted by molar-refractivity contribution is 6.18. The smallest absolute Gasteiger partial charge is 0.141 e. The number of phenolic OH excluding ortho intramolecular Hbond substituents is 1. The highest BCUT2D eigenvalue weighted by Crippen LogP contribution is 2.25. The molecule has 1 N–H and O–H groups in total. The number of hydrogen-bond acceptors (Lipinski definition) is 2. The van der Waals surface area contributed by atoms with Crippen LogP contribution in [0.3, 0.4) is 0 Å². The summed E-state index contributed by atoms with van der Waals surface area (Å²) in [5.41, 5.74) is 1.60. The van der Waals surface area contributed by atoms with Crippen molar-refractivity contribution >= 4 is 34.9 Å². The quantitative estimate of drug-likeness (QED) is 0.763. The zero-order valence-corrected chi connectivity index (χ0v) is 8.85. The molecule has 0 bridgehead atoms. The van der Waals surface area contributed by atoms with Gasteiger partial charge in [-0.25, -0.2) is 0 Å². The SMILES string of the molecule is Cl.Oc1ccc(CCl)c2cccnc12. The molecule has 0 unspecified atom stereocenters. The van der Waals surface area contributed by atoms with Crippen LogP contribution in [-0.4, -0.2) is 10.1 Å². The molecule has 74 valence electrons. The summed E-state index contributed by atoms with van der Waals surface area (Å²) >= 11 is 5.75. The van der Waals surface area contributed by atoms with Crippen molar-refractivity contribution in [3.05, 3.63) is 36.0 Å². The fraction of sp³-hybridized carbons (Fsp3) is 0.100. The Morgan fingerprint density at radius 1 is 1.29 bits per heavy atom. The second-order valence-electron chi connectivity index (χ2n) is 2.78. The van der Waals surface area contributed by atoms with Crippen molar-refractivity contribution < 1.29 is 5.11 Å². The summed E-state index contributed by atoms with van der Waals surface area (Å²) < 4.78 is 0. The van der Waals surface area contributed by atoms with Crippen LogP contribution >= 0.6 is 24.0 Å². The molecule has 1 aromatic heterocycles. The van der Waals surface area contributed by atoms with E-state index in [-0.39, 0.29) is 18.2 Å². The predicted molar refractivity (Wildman–Crippen MR) is 60.2 cm³/mol. The topological polar surface area (TPSA) is 33.1 Å². The molecule has 0 aliphatic rings. The summed E-state index contributed by atoms with van der Waals surface area (Å²) in [6, 6.07) is 7.16. The molecule has 2 aromatic rings. The van der Waals surface area contributed by atoms with Crippen LogP contribution in [0.1, 0.15) is 5.56 Å². The van der Waals surface area contributed by atoms with Crippen molar-refractivity contribution in [2.24, 2.45) is 0 Å². The van der Waals surface area contributed by atoms with E-state index in [2.05, 4.69) is 4.98 Å². The highest BCUT2D eigenvalue weighted by atomic mass is 35.5. The number of phenols is 1. The van der Waals surface area contributed by atoms with E-state index in [9.17, 15) is 5.11 Å². The van der Waals surface area contributed by atoms with E-state index in [4.69, 9.17) is 11.6 Å². The van der Waals surface area contributed by atoms with Crippen LogP contribution in [0.15, 0.2) is 30.5 Å². The minimum absolute atomic E-state index is 0. The van der Waals surface area contributed by atoms with Crippen molar-refractivity contribution in [2.75, 3.05) is 0 Å². The van der Waals surface area contributed by atoms with Gasteiger partial charge in [-0.2, -0.15) is 0 Å². The Bertz CT molecular complexity index is 445. The maximum atomic E-state index is 9.49. The maximum Gasteiger partial charge on any atom is 0.141 e.